The van der Waals surface area contributed by atoms with Gasteiger partial charge < -0.3 is 24.2 Å². The van der Waals surface area contributed by atoms with Crippen LogP contribution in [0.1, 0.15) is 11.1 Å². The van der Waals surface area contributed by atoms with Crippen molar-refractivity contribution in [2.45, 2.75) is 18.9 Å². The highest BCUT2D eigenvalue weighted by atomic mass is 16.5. The van der Waals surface area contributed by atoms with Crippen LogP contribution in [0.15, 0.2) is 29.5 Å². The first kappa shape index (κ1) is 16.5. The number of carbonyl (C=O) groups excluding carboxylic acids is 2. The van der Waals surface area contributed by atoms with Gasteiger partial charge in [-0.2, -0.15) is 0 Å². The lowest BCUT2D eigenvalue weighted by Crippen LogP contribution is -2.38. The molecule has 0 saturated heterocycles. The number of aliphatic hydroxyl groups is 1. The molecule has 1 unspecified atom stereocenters. The molecule has 1 aliphatic heterocycles. The summed E-state index contributed by atoms with van der Waals surface area (Å²) in [6.45, 7) is 0.101. The second kappa shape index (κ2) is 6.62. The summed E-state index contributed by atoms with van der Waals surface area (Å²) in [7, 11) is 2.51. The molecule has 1 aromatic carbocycles. The Morgan fingerprint density at radius 1 is 1.17 bits per heavy atom. The number of rotatable bonds is 3. The second-order valence-corrected chi connectivity index (χ2v) is 5.73. The summed E-state index contributed by atoms with van der Waals surface area (Å²) in [6, 6.07) is 5.66. The van der Waals surface area contributed by atoms with E-state index in [1.807, 2.05) is 18.2 Å². The predicted octanol–water partition coefficient (Wildman–Crippen LogP) is 0.540. The van der Waals surface area contributed by atoms with E-state index in [9.17, 15) is 14.7 Å². The third kappa shape index (κ3) is 2.88. The van der Waals surface area contributed by atoms with Crippen LogP contribution < -0.4 is 4.90 Å². The minimum absolute atomic E-state index is 0.0166. The van der Waals surface area contributed by atoms with Crippen LogP contribution in [-0.4, -0.2) is 50.7 Å². The molecule has 7 heteroatoms. The summed E-state index contributed by atoms with van der Waals surface area (Å²) in [5.41, 5.74) is 3.05. The Labute approximate surface area is 139 Å². The van der Waals surface area contributed by atoms with E-state index in [0.717, 1.165) is 11.1 Å². The first-order valence-corrected chi connectivity index (χ1v) is 7.60. The van der Waals surface area contributed by atoms with Crippen LogP contribution in [0.3, 0.4) is 0 Å². The lowest BCUT2D eigenvalue weighted by atomic mass is 10.1. The van der Waals surface area contributed by atoms with Gasteiger partial charge in [-0.15, -0.1) is 0 Å². The van der Waals surface area contributed by atoms with Crippen molar-refractivity contribution in [3.63, 3.8) is 0 Å². The number of fused-ring (bicyclic) bond motifs is 1. The maximum absolute atomic E-state index is 12.2. The van der Waals surface area contributed by atoms with Crippen molar-refractivity contribution in [1.82, 2.24) is 0 Å². The van der Waals surface area contributed by atoms with Gasteiger partial charge in [0.25, 0.3) is 0 Å². The van der Waals surface area contributed by atoms with Gasteiger partial charge in [0, 0.05) is 5.69 Å². The molecular formula is C17H19NO6. The standard InChI is InChI=1S/C17H19NO6/c1-22-16(20)14-8-24-9-18(15(14)17(21)23-2)12-4-3-10-6-13(19)7-11(10)5-12/h3-5,13,19H,6-9H2,1-2H3. The largest absolute Gasteiger partial charge is 0.466 e. The normalized spacial score (nSPS) is 20.0. The van der Waals surface area contributed by atoms with Crippen LogP contribution in [0.5, 0.6) is 0 Å². The number of nitrogens with zero attached hydrogens (tertiary/aromatic N) is 1. The van der Waals surface area contributed by atoms with Gasteiger partial charge >= 0.3 is 11.9 Å². The zero-order valence-corrected chi connectivity index (χ0v) is 13.6. The van der Waals surface area contributed by atoms with Gasteiger partial charge in [0.1, 0.15) is 12.4 Å². The molecular weight excluding hydrogens is 314 g/mol. The number of esters is 2. The van der Waals surface area contributed by atoms with Gasteiger partial charge in [0.05, 0.1) is 32.5 Å². The average molecular weight is 333 g/mol. The van der Waals surface area contributed by atoms with E-state index in [2.05, 4.69) is 0 Å². The first-order chi connectivity index (χ1) is 11.5. The number of hydrogen-bond acceptors (Lipinski definition) is 7. The second-order valence-electron chi connectivity index (χ2n) is 5.73. The number of benzene rings is 1. The van der Waals surface area contributed by atoms with Gasteiger partial charge in [-0.3, -0.25) is 0 Å². The maximum Gasteiger partial charge on any atom is 0.355 e. The summed E-state index contributed by atoms with van der Waals surface area (Å²) in [4.78, 5) is 25.8. The zero-order valence-electron chi connectivity index (χ0n) is 13.6. The maximum atomic E-state index is 12.2. The average Bonchev–Trinajstić information content (AvgIpc) is 2.98. The van der Waals surface area contributed by atoms with Crippen molar-refractivity contribution in [2.24, 2.45) is 0 Å². The smallest absolute Gasteiger partial charge is 0.355 e. The third-order valence-corrected chi connectivity index (χ3v) is 4.25. The molecule has 128 valence electrons. The summed E-state index contributed by atoms with van der Waals surface area (Å²) < 4.78 is 15.0. The molecule has 0 amide bonds. The highest BCUT2D eigenvalue weighted by Gasteiger charge is 2.33. The van der Waals surface area contributed by atoms with Crippen LogP contribution in [-0.2, 0) is 36.6 Å². The molecule has 2 aliphatic rings. The number of carbonyl (C=O) groups is 2. The fourth-order valence-electron chi connectivity index (χ4n) is 3.10. The van der Waals surface area contributed by atoms with Crippen molar-refractivity contribution in [1.29, 1.82) is 0 Å². The van der Waals surface area contributed by atoms with Gasteiger partial charge in [0.2, 0.25) is 0 Å². The number of ether oxygens (including phenoxy) is 3. The van der Waals surface area contributed by atoms with Gasteiger partial charge in [-0.1, -0.05) is 6.07 Å². The lowest BCUT2D eigenvalue weighted by Gasteiger charge is -2.31. The van der Waals surface area contributed by atoms with E-state index in [4.69, 9.17) is 14.2 Å². The zero-order chi connectivity index (χ0) is 17.3. The minimum Gasteiger partial charge on any atom is -0.466 e. The molecule has 1 aliphatic carbocycles. The SMILES string of the molecule is COC(=O)C1=C(C(=O)OC)N(c2ccc3c(c2)CC(O)C3)COC1. The highest BCUT2D eigenvalue weighted by Crippen LogP contribution is 2.31. The molecule has 0 spiro atoms. The number of hydrogen-bond donors (Lipinski definition) is 1. The fourth-order valence-corrected chi connectivity index (χ4v) is 3.10. The van der Waals surface area contributed by atoms with Crippen molar-refractivity contribution >= 4 is 17.6 Å². The van der Waals surface area contributed by atoms with Crippen molar-refractivity contribution in [2.75, 3.05) is 32.5 Å². The van der Waals surface area contributed by atoms with Crippen LogP contribution in [0, 0.1) is 0 Å². The van der Waals surface area contributed by atoms with Crippen LogP contribution in [0.4, 0.5) is 5.69 Å². The van der Waals surface area contributed by atoms with Crippen molar-refractivity contribution < 1.29 is 28.9 Å². The van der Waals surface area contributed by atoms with Crippen LogP contribution in [0.25, 0.3) is 0 Å². The van der Waals surface area contributed by atoms with Crippen LogP contribution >= 0.6 is 0 Å². The summed E-state index contributed by atoms with van der Waals surface area (Å²) in [6.07, 6.45) is 0.812. The molecule has 1 heterocycles. The molecule has 0 saturated carbocycles. The molecule has 3 rings (SSSR count). The Bertz CT molecular complexity index is 711. The van der Waals surface area contributed by atoms with Crippen molar-refractivity contribution in [3.8, 4) is 0 Å². The topological polar surface area (TPSA) is 85.3 Å². The molecule has 24 heavy (non-hydrogen) atoms. The minimum atomic E-state index is -0.628. The highest BCUT2D eigenvalue weighted by molar-refractivity contribution is 6.03. The molecule has 1 N–H and O–H groups in total. The Balaban J connectivity index is 2.04. The molecule has 7 nitrogen and oxygen atoms in total. The Morgan fingerprint density at radius 2 is 1.88 bits per heavy atom. The van der Waals surface area contributed by atoms with E-state index in [1.165, 1.54) is 14.2 Å². The Hall–Kier alpha value is -2.38. The van der Waals surface area contributed by atoms with Gasteiger partial charge in [0.15, 0.2) is 0 Å². The lowest BCUT2D eigenvalue weighted by molar-refractivity contribution is -0.140. The Kier molecular flexibility index (Phi) is 4.55. The first-order valence-electron chi connectivity index (χ1n) is 7.60. The molecule has 0 radical (unpaired) electrons. The van der Waals surface area contributed by atoms with Gasteiger partial charge in [-0.05, 0) is 36.1 Å². The van der Waals surface area contributed by atoms with Crippen molar-refractivity contribution in [3.05, 3.63) is 40.6 Å². The fraction of sp³-hybridized carbons (Fsp3) is 0.412. The van der Waals surface area contributed by atoms with E-state index >= 15 is 0 Å². The van der Waals surface area contributed by atoms with Crippen LogP contribution in [0.2, 0.25) is 0 Å². The molecule has 1 aromatic rings. The molecule has 0 fully saturated rings. The number of anilines is 1. The van der Waals surface area contributed by atoms with E-state index in [1.54, 1.807) is 4.90 Å². The summed E-state index contributed by atoms with van der Waals surface area (Å²) in [5.74, 6) is -1.25. The van der Waals surface area contributed by atoms with E-state index in [-0.39, 0.29) is 30.7 Å². The molecule has 0 bridgehead atoms. The van der Waals surface area contributed by atoms with Gasteiger partial charge in [-0.25, -0.2) is 9.59 Å². The van der Waals surface area contributed by atoms with E-state index < -0.39 is 11.9 Å². The predicted molar refractivity (Wildman–Crippen MR) is 84.2 cm³/mol. The molecule has 1 atom stereocenters. The third-order valence-electron chi connectivity index (χ3n) is 4.25. The Morgan fingerprint density at radius 3 is 2.58 bits per heavy atom. The quantitative estimate of drug-likeness (QED) is 0.808. The number of methoxy groups -OCH3 is 2. The monoisotopic (exact) mass is 333 g/mol. The molecule has 0 aromatic heterocycles. The number of aliphatic hydroxyl groups excluding tert-OH is 1. The van der Waals surface area contributed by atoms with E-state index in [0.29, 0.717) is 18.5 Å². The summed E-state index contributed by atoms with van der Waals surface area (Å²) in [5, 5.41) is 9.79. The summed E-state index contributed by atoms with van der Waals surface area (Å²) >= 11 is 0.